The number of nitrogens with zero attached hydrogens (tertiary/aromatic N) is 2. The molecule has 0 spiro atoms. The predicted molar refractivity (Wildman–Crippen MR) is 75.5 cm³/mol. The molecule has 1 aliphatic rings. The number of carboxylic acid groups (broad SMARTS) is 1. The Labute approximate surface area is 125 Å². The molecule has 0 saturated carbocycles. The highest BCUT2D eigenvalue weighted by Crippen LogP contribution is 2.20. The lowest BCUT2D eigenvalue weighted by atomic mass is 10.2. The van der Waals surface area contributed by atoms with Crippen molar-refractivity contribution in [2.75, 3.05) is 12.8 Å². The van der Waals surface area contributed by atoms with Gasteiger partial charge in [0.25, 0.3) is 0 Å². The summed E-state index contributed by atoms with van der Waals surface area (Å²) in [4.78, 5) is 26.6. The lowest BCUT2D eigenvalue weighted by molar-refractivity contribution is -0.124. The summed E-state index contributed by atoms with van der Waals surface area (Å²) in [7, 11) is -3.41. The summed E-state index contributed by atoms with van der Waals surface area (Å²) in [6, 6.07) is -0.695. The fourth-order valence-electron chi connectivity index (χ4n) is 2.17. The van der Waals surface area contributed by atoms with E-state index in [0.29, 0.717) is 24.4 Å². The van der Waals surface area contributed by atoms with Crippen LogP contribution in [0.15, 0.2) is 5.38 Å². The van der Waals surface area contributed by atoms with Gasteiger partial charge in [-0.2, -0.15) is 4.31 Å². The van der Waals surface area contributed by atoms with Crippen LogP contribution in [0, 0.1) is 0 Å². The van der Waals surface area contributed by atoms with Gasteiger partial charge < -0.3 is 10.4 Å². The second kappa shape index (κ2) is 6.08. The van der Waals surface area contributed by atoms with Crippen LogP contribution in [0.5, 0.6) is 0 Å². The molecule has 10 heteroatoms. The summed E-state index contributed by atoms with van der Waals surface area (Å²) >= 11 is 1.13. The average molecular weight is 333 g/mol. The van der Waals surface area contributed by atoms with E-state index in [-0.39, 0.29) is 18.1 Å². The maximum absolute atomic E-state index is 12.1. The Hall–Kier alpha value is -1.52. The van der Waals surface area contributed by atoms with E-state index in [2.05, 4.69) is 10.3 Å². The molecule has 1 aromatic heterocycles. The van der Waals surface area contributed by atoms with Crippen LogP contribution in [0.2, 0.25) is 0 Å². The number of hydrogen-bond acceptors (Lipinski definition) is 6. The number of nitrogens with one attached hydrogen (secondary N) is 1. The second-order valence-electron chi connectivity index (χ2n) is 4.68. The fourth-order valence-corrected chi connectivity index (χ4v) is 4.00. The number of sulfonamides is 1. The van der Waals surface area contributed by atoms with Crippen molar-refractivity contribution in [1.82, 2.24) is 14.6 Å². The molecule has 0 aromatic carbocycles. The van der Waals surface area contributed by atoms with E-state index in [9.17, 15) is 18.0 Å². The van der Waals surface area contributed by atoms with Crippen LogP contribution < -0.4 is 5.32 Å². The van der Waals surface area contributed by atoms with Gasteiger partial charge in [-0.05, 0) is 12.8 Å². The van der Waals surface area contributed by atoms with Crippen molar-refractivity contribution in [3.05, 3.63) is 16.1 Å². The number of carboxylic acids is 1. The van der Waals surface area contributed by atoms with Gasteiger partial charge in [0.15, 0.2) is 5.69 Å². The van der Waals surface area contributed by atoms with Crippen molar-refractivity contribution >= 4 is 33.2 Å². The van der Waals surface area contributed by atoms with E-state index >= 15 is 0 Å². The van der Waals surface area contributed by atoms with Crippen molar-refractivity contribution < 1.29 is 23.1 Å². The lowest BCUT2D eigenvalue weighted by Crippen LogP contribution is -2.45. The van der Waals surface area contributed by atoms with Crippen molar-refractivity contribution in [3.8, 4) is 0 Å². The summed E-state index contributed by atoms with van der Waals surface area (Å²) in [5.74, 6) is -1.51. The first-order chi connectivity index (χ1) is 9.79. The van der Waals surface area contributed by atoms with Crippen molar-refractivity contribution in [2.24, 2.45) is 0 Å². The van der Waals surface area contributed by atoms with Gasteiger partial charge in [0.05, 0.1) is 12.8 Å². The van der Waals surface area contributed by atoms with Crippen LogP contribution in [-0.2, 0) is 21.4 Å². The highest BCUT2D eigenvalue weighted by Gasteiger charge is 2.36. The largest absolute Gasteiger partial charge is 0.476 e. The molecule has 1 fully saturated rings. The Kier molecular flexibility index (Phi) is 4.59. The minimum Gasteiger partial charge on any atom is -0.476 e. The minimum atomic E-state index is -3.41. The molecule has 1 aromatic rings. The standard InChI is InChI=1S/C11H15N3O5S2/c1-21(18,19)14-4-2-3-8(14)10(15)12-5-9-13-7(6-20-9)11(16)17/h6,8H,2-5H2,1H3,(H,12,15)(H,16,17). The van der Waals surface area contributed by atoms with E-state index in [1.54, 1.807) is 0 Å². The number of aromatic carboxylic acids is 1. The van der Waals surface area contributed by atoms with Crippen molar-refractivity contribution in [3.63, 3.8) is 0 Å². The monoisotopic (exact) mass is 333 g/mol. The molecule has 8 nitrogen and oxygen atoms in total. The Morgan fingerprint density at radius 2 is 2.29 bits per heavy atom. The number of amides is 1. The Morgan fingerprint density at radius 1 is 1.57 bits per heavy atom. The third kappa shape index (κ3) is 3.77. The topological polar surface area (TPSA) is 117 Å². The number of carbonyl (C=O) groups is 2. The SMILES string of the molecule is CS(=O)(=O)N1CCCC1C(=O)NCc1nc(C(=O)O)cs1. The second-order valence-corrected chi connectivity index (χ2v) is 7.56. The molecule has 1 amide bonds. The van der Waals surface area contributed by atoms with E-state index in [1.165, 1.54) is 9.69 Å². The van der Waals surface area contributed by atoms with Gasteiger partial charge in [0.1, 0.15) is 11.0 Å². The zero-order valence-electron chi connectivity index (χ0n) is 11.3. The van der Waals surface area contributed by atoms with Gasteiger partial charge in [0.2, 0.25) is 15.9 Å². The molecule has 1 unspecified atom stereocenters. The molecular formula is C11H15N3O5S2. The van der Waals surface area contributed by atoms with Gasteiger partial charge in [-0.15, -0.1) is 11.3 Å². The molecule has 2 heterocycles. The van der Waals surface area contributed by atoms with Gasteiger partial charge >= 0.3 is 5.97 Å². The third-order valence-corrected chi connectivity index (χ3v) is 5.25. The number of aromatic nitrogens is 1. The molecule has 2 rings (SSSR count). The summed E-state index contributed by atoms with van der Waals surface area (Å²) in [5, 5.41) is 13.2. The Balaban J connectivity index is 1.96. The summed E-state index contributed by atoms with van der Waals surface area (Å²) in [6.45, 7) is 0.433. The highest BCUT2D eigenvalue weighted by molar-refractivity contribution is 7.88. The molecule has 1 atom stereocenters. The third-order valence-electron chi connectivity index (χ3n) is 3.12. The number of carbonyl (C=O) groups excluding carboxylic acids is 1. The molecule has 116 valence electrons. The maximum atomic E-state index is 12.1. The average Bonchev–Trinajstić information content (AvgIpc) is 3.04. The zero-order chi connectivity index (χ0) is 15.6. The molecular weight excluding hydrogens is 318 g/mol. The van der Waals surface area contributed by atoms with Gasteiger partial charge in [0, 0.05) is 11.9 Å². The molecule has 0 aliphatic carbocycles. The molecule has 1 saturated heterocycles. The van der Waals surface area contributed by atoms with Crippen LogP contribution in [0.25, 0.3) is 0 Å². The molecule has 2 N–H and O–H groups in total. The van der Waals surface area contributed by atoms with E-state index in [0.717, 1.165) is 17.6 Å². The quantitative estimate of drug-likeness (QED) is 0.776. The van der Waals surface area contributed by atoms with Crippen LogP contribution in [0.1, 0.15) is 28.3 Å². The molecule has 1 aliphatic heterocycles. The van der Waals surface area contributed by atoms with Crippen LogP contribution in [0.4, 0.5) is 0 Å². The maximum Gasteiger partial charge on any atom is 0.355 e. The zero-order valence-corrected chi connectivity index (χ0v) is 12.9. The van der Waals surface area contributed by atoms with Crippen LogP contribution in [0.3, 0.4) is 0 Å². The Morgan fingerprint density at radius 3 is 2.86 bits per heavy atom. The first-order valence-electron chi connectivity index (χ1n) is 6.21. The predicted octanol–water partition coefficient (Wildman–Crippen LogP) is -0.119. The molecule has 21 heavy (non-hydrogen) atoms. The smallest absolute Gasteiger partial charge is 0.355 e. The molecule has 0 radical (unpaired) electrons. The van der Waals surface area contributed by atoms with Crippen LogP contribution >= 0.6 is 11.3 Å². The summed E-state index contributed by atoms with van der Waals surface area (Å²) < 4.78 is 24.3. The van der Waals surface area contributed by atoms with Crippen molar-refractivity contribution in [2.45, 2.75) is 25.4 Å². The highest BCUT2D eigenvalue weighted by atomic mass is 32.2. The lowest BCUT2D eigenvalue weighted by Gasteiger charge is -2.20. The van der Waals surface area contributed by atoms with E-state index in [4.69, 9.17) is 5.11 Å². The number of hydrogen-bond donors (Lipinski definition) is 2. The Bertz CT molecular complexity index is 655. The van der Waals surface area contributed by atoms with Gasteiger partial charge in [-0.3, -0.25) is 4.79 Å². The van der Waals surface area contributed by atoms with E-state index in [1.807, 2.05) is 0 Å². The number of rotatable bonds is 5. The minimum absolute atomic E-state index is 0.0668. The first kappa shape index (κ1) is 15.9. The van der Waals surface area contributed by atoms with Crippen molar-refractivity contribution in [1.29, 1.82) is 0 Å². The fraction of sp³-hybridized carbons (Fsp3) is 0.545. The summed E-state index contributed by atoms with van der Waals surface area (Å²) in [5.41, 5.74) is -0.0668. The van der Waals surface area contributed by atoms with Crippen LogP contribution in [-0.4, -0.2) is 53.5 Å². The van der Waals surface area contributed by atoms with Gasteiger partial charge in [-0.25, -0.2) is 18.2 Å². The normalized spacial score (nSPS) is 19.6. The number of thiazole rings is 1. The van der Waals surface area contributed by atoms with Gasteiger partial charge in [-0.1, -0.05) is 0 Å². The molecule has 0 bridgehead atoms. The van der Waals surface area contributed by atoms with E-state index < -0.39 is 22.0 Å². The summed E-state index contributed by atoms with van der Waals surface area (Å²) in [6.07, 6.45) is 2.21. The first-order valence-corrected chi connectivity index (χ1v) is 8.94.